The summed E-state index contributed by atoms with van der Waals surface area (Å²) in [6.45, 7) is 0. The van der Waals surface area contributed by atoms with E-state index in [9.17, 15) is 5.11 Å². The fourth-order valence-corrected chi connectivity index (χ4v) is 2.56. The summed E-state index contributed by atoms with van der Waals surface area (Å²) in [5.41, 5.74) is 1.79. The topological polar surface area (TPSA) is 20.2 Å². The van der Waals surface area contributed by atoms with Crippen LogP contribution in [0.1, 0.15) is 30.1 Å². The van der Waals surface area contributed by atoms with Crippen LogP contribution in [0.4, 0.5) is 0 Å². The normalized spacial score (nSPS) is 20.8. The van der Waals surface area contributed by atoms with E-state index < -0.39 is 6.10 Å². The van der Waals surface area contributed by atoms with Crippen LogP contribution in [0.5, 0.6) is 0 Å². The number of hydrogen-bond donors (Lipinski definition) is 1. The first kappa shape index (κ1) is 10.8. The number of fused-ring (bicyclic) bond motifs is 1. The van der Waals surface area contributed by atoms with Gasteiger partial charge in [0.1, 0.15) is 0 Å². The molecule has 1 aromatic rings. The van der Waals surface area contributed by atoms with Crippen LogP contribution < -0.4 is 0 Å². The highest BCUT2D eigenvalue weighted by Crippen LogP contribution is 2.49. The van der Waals surface area contributed by atoms with Gasteiger partial charge >= 0.3 is 0 Å². The molecule has 0 aliphatic heterocycles. The lowest BCUT2D eigenvalue weighted by Gasteiger charge is -2.29. The van der Waals surface area contributed by atoms with Crippen molar-refractivity contribution in [3.63, 3.8) is 0 Å². The number of aliphatic hydroxyl groups excluding tert-OH is 1. The zero-order valence-corrected chi connectivity index (χ0v) is 9.11. The molecule has 0 amide bonds. The van der Waals surface area contributed by atoms with E-state index >= 15 is 0 Å². The average Bonchev–Trinajstić information content (AvgIpc) is 2.54. The molecule has 0 saturated heterocycles. The Labute approximate surface area is 96.5 Å². The van der Waals surface area contributed by atoms with Crippen molar-refractivity contribution in [1.29, 1.82) is 0 Å². The summed E-state index contributed by atoms with van der Waals surface area (Å²) >= 11 is 0. The van der Waals surface area contributed by atoms with Crippen molar-refractivity contribution in [3.8, 4) is 24.7 Å². The highest BCUT2D eigenvalue weighted by molar-refractivity contribution is 5.38. The van der Waals surface area contributed by atoms with Crippen molar-refractivity contribution in [1.82, 2.24) is 0 Å². The largest absolute Gasteiger partial charge is 0.388 e. The first-order valence-corrected chi connectivity index (χ1v) is 5.36. The van der Waals surface area contributed by atoms with Crippen LogP contribution in [0.25, 0.3) is 0 Å². The monoisotopic (exact) mass is 210 g/mol. The number of hydrogen-bond acceptors (Lipinski definition) is 1. The molecule has 1 unspecified atom stereocenters. The predicted molar refractivity (Wildman–Crippen MR) is 64.4 cm³/mol. The van der Waals surface area contributed by atoms with Crippen LogP contribution >= 0.6 is 0 Å². The van der Waals surface area contributed by atoms with Gasteiger partial charge in [-0.25, -0.2) is 0 Å². The third-order valence-electron chi connectivity index (χ3n) is 3.38. The van der Waals surface area contributed by atoms with E-state index in [2.05, 4.69) is 11.8 Å². The van der Waals surface area contributed by atoms with E-state index in [1.165, 1.54) is 5.56 Å². The summed E-state index contributed by atoms with van der Waals surface area (Å²) < 4.78 is 0. The van der Waals surface area contributed by atoms with Gasteiger partial charge in [0.2, 0.25) is 0 Å². The van der Waals surface area contributed by atoms with Crippen molar-refractivity contribution < 1.29 is 5.11 Å². The first-order valence-electron chi connectivity index (χ1n) is 5.36. The van der Waals surface area contributed by atoms with Crippen molar-refractivity contribution in [2.45, 2.75) is 25.4 Å². The van der Waals surface area contributed by atoms with Gasteiger partial charge in [-0.05, 0) is 17.5 Å². The van der Waals surface area contributed by atoms with Crippen molar-refractivity contribution >= 4 is 0 Å². The molecule has 80 valence electrons. The van der Waals surface area contributed by atoms with Crippen LogP contribution in [-0.4, -0.2) is 5.11 Å². The molecule has 16 heavy (non-hydrogen) atoms. The van der Waals surface area contributed by atoms with Gasteiger partial charge in [0.05, 0.1) is 6.10 Å². The molecule has 1 aliphatic carbocycles. The Bertz CT molecular complexity index is 457. The molecular weight excluding hydrogens is 196 g/mol. The molecule has 0 saturated carbocycles. The molecule has 1 N–H and O–H groups in total. The van der Waals surface area contributed by atoms with Crippen molar-refractivity contribution in [3.05, 3.63) is 35.4 Å². The van der Waals surface area contributed by atoms with Crippen LogP contribution in [0, 0.1) is 30.1 Å². The Morgan fingerprint density at radius 2 is 1.88 bits per heavy atom. The van der Waals surface area contributed by atoms with E-state index in [0.717, 1.165) is 12.0 Å². The maximum atomic E-state index is 10.4. The summed E-state index contributed by atoms with van der Waals surface area (Å²) in [7, 11) is 0. The lowest BCUT2D eigenvalue weighted by Crippen LogP contribution is -2.25. The summed E-state index contributed by atoms with van der Waals surface area (Å²) in [5.74, 6) is 5.29. The average molecular weight is 210 g/mol. The highest BCUT2D eigenvalue weighted by Gasteiger charge is 2.44. The summed E-state index contributed by atoms with van der Waals surface area (Å²) in [6.07, 6.45) is 12.1. The Morgan fingerprint density at radius 1 is 1.25 bits per heavy atom. The summed E-state index contributed by atoms with van der Waals surface area (Å²) in [6, 6.07) is 7.90. The van der Waals surface area contributed by atoms with Gasteiger partial charge in [-0.3, -0.25) is 0 Å². The third kappa shape index (κ3) is 1.51. The molecule has 1 atom stereocenters. The van der Waals surface area contributed by atoms with Gasteiger partial charge < -0.3 is 5.11 Å². The molecule has 0 aromatic heterocycles. The van der Waals surface area contributed by atoms with Crippen molar-refractivity contribution in [2.75, 3.05) is 0 Å². The Balaban J connectivity index is 2.41. The minimum absolute atomic E-state index is 0.354. The Hall–Kier alpha value is -1.70. The predicted octanol–water partition coefficient (Wildman–Crippen LogP) is 2.31. The molecule has 0 radical (unpaired) electrons. The molecule has 2 rings (SSSR count). The molecule has 1 aromatic carbocycles. The summed E-state index contributed by atoms with van der Waals surface area (Å²) in [5, 5.41) is 10.4. The zero-order chi connectivity index (χ0) is 11.6. The van der Waals surface area contributed by atoms with Gasteiger partial charge in [-0.1, -0.05) is 24.3 Å². The molecule has 1 nitrogen and oxygen atoms in total. The number of rotatable bonds is 2. The Morgan fingerprint density at radius 3 is 2.44 bits per heavy atom. The molecule has 0 bridgehead atoms. The Kier molecular flexibility index (Phi) is 2.73. The SMILES string of the molecule is C#CCC1(CC#C)Cc2ccccc2C1O. The van der Waals surface area contributed by atoms with Crippen LogP contribution in [0.3, 0.4) is 0 Å². The fourth-order valence-electron chi connectivity index (χ4n) is 2.56. The minimum Gasteiger partial charge on any atom is -0.388 e. The van der Waals surface area contributed by atoms with Gasteiger partial charge in [0.25, 0.3) is 0 Å². The quantitative estimate of drug-likeness (QED) is 0.743. The van der Waals surface area contributed by atoms with E-state index in [4.69, 9.17) is 12.8 Å². The van der Waals surface area contributed by atoms with Crippen LogP contribution in [0.15, 0.2) is 24.3 Å². The third-order valence-corrected chi connectivity index (χ3v) is 3.38. The van der Waals surface area contributed by atoms with Crippen LogP contribution in [0.2, 0.25) is 0 Å². The molecule has 0 heterocycles. The maximum Gasteiger partial charge on any atom is 0.0870 e. The zero-order valence-electron chi connectivity index (χ0n) is 9.11. The first-order chi connectivity index (χ1) is 7.73. The standard InChI is InChI=1S/C15H14O/c1-3-9-15(10-4-2)11-12-7-5-6-8-13(12)14(15)16/h1-2,5-8,14,16H,9-11H2. The van der Waals surface area contributed by atoms with Gasteiger partial charge in [0, 0.05) is 18.3 Å². The molecular formula is C15H14O. The van der Waals surface area contributed by atoms with Gasteiger partial charge in [-0.2, -0.15) is 0 Å². The second-order valence-corrected chi connectivity index (χ2v) is 4.40. The minimum atomic E-state index is -0.532. The maximum absolute atomic E-state index is 10.4. The van der Waals surface area contributed by atoms with Gasteiger partial charge in [-0.15, -0.1) is 24.7 Å². The van der Waals surface area contributed by atoms with E-state index in [0.29, 0.717) is 12.8 Å². The van der Waals surface area contributed by atoms with E-state index in [1.54, 1.807) is 0 Å². The second kappa shape index (κ2) is 4.05. The highest BCUT2D eigenvalue weighted by atomic mass is 16.3. The van der Waals surface area contributed by atoms with E-state index in [1.807, 2.05) is 24.3 Å². The number of terminal acetylenes is 2. The van der Waals surface area contributed by atoms with Crippen LogP contribution in [-0.2, 0) is 6.42 Å². The molecule has 0 fully saturated rings. The smallest absolute Gasteiger partial charge is 0.0870 e. The molecule has 0 spiro atoms. The molecule has 1 aliphatic rings. The lowest BCUT2D eigenvalue weighted by molar-refractivity contribution is 0.0459. The fraction of sp³-hybridized carbons (Fsp3) is 0.333. The van der Waals surface area contributed by atoms with Crippen molar-refractivity contribution in [2.24, 2.45) is 5.41 Å². The number of aliphatic hydroxyl groups is 1. The second-order valence-electron chi connectivity index (χ2n) is 4.40. The number of benzene rings is 1. The summed E-state index contributed by atoms with van der Waals surface area (Å²) in [4.78, 5) is 0. The van der Waals surface area contributed by atoms with E-state index in [-0.39, 0.29) is 5.41 Å². The lowest BCUT2D eigenvalue weighted by atomic mass is 9.77. The molecule has 1 heteroatoms. The van der Waals surface area contributed by atoms with Gasteiger partial charge in [0.15, 0.2) is 0 Å².